The molecule has 8 nitrogen and oxygen atoms in total. The topological polar surface area (TPSA) is 126 Å². The van der Waals surface area contributed by atoms with Gasteiger partial charge in [0.25, 0.3) is 10.0 Å². The smallest absolute Gasteiger partial charge is 0.326 e. The highest BCUT2D eigenvalue weighted by Crippen LogP contribution is 2.28. The fraction of sp³-hybridized carbons (Fsp3) is 0.300. The quantitative estimate of drug-likeness (QED) is 0.408. The predicted molar refractivity (Wildman–Crippen MR) is 117 cm³/mol. The van der Waals surface area contributed by atoms with Gasteiger partial charge in [0.15, 0.2) is 5.96 Å². The number of hydrogen-bond donors (Lipinski definition) is 4. The summed E-state index contributed by atoms with van der Waals surface area (Å²) in [5.74, 6) is 0.0207. The van der Waals surface area contributed by atoms with Crippen LogP contribution in [0.4, 0.5) is 16.2 Å². The van der Waals surface area contributed by atoms with Crippen molar-refractivity contribution < 1.29 is 13.2 Å². The van der Waals surface area contributed by atoms with Gasteiger partial charge in [0.1, 0.15) is 0 Å². The number of nitrogens with two attached hydrogens (primary N) is 1. The van der Waals surface area contributed by atoms with Crippen molar-refractivity contribution in [3.8, 4) is 0 Å². The van der Waals surface area contributed by atoms with E-state index in [2.05, 4.69) is 20.3 Å². The molecule has 5 N–H and O–H groups in total. The summed E-state index contributed by atoms with van der Waals surface area (Å²) in [6.45, 7) is 6.05. The number of urea groups is 1. The van der Waals surface area contributed by atoms with E-state index < -0.39 is 16.1 Å². The minimum Gasteiger partial charge on any atom is -0.370 e. The van der Waals surface area contributed by atoms with Gasteiger partial charge in [-0.1, -0.05) is 32.0 Å². The van der Waals surface area contributed by atoms with Crippen LogP contribution in [0.5, 0.6) is 0 Å². The van der Waals surface area contributed by atoms with E-state index in [9.17, 15) is 13.2 Å². The molecule has 0 aliphatic carbocycles. The third-order valence-electron chi connectivity index (χ3n) is 4.18. The van der Waals surface area contributed by atoms with Gasteiger partial charge < -0.3 is 11.1 Å². The fourth-order valence-corrected chi connectivity index (χ4v) is 3.96. The standard InChI is InChI=1S/C20H27N5O3S/c1-4-14-12-17(29(27,28)25-16-10-8-7-9-11-16)13-15(5-2)18(14)23-20(26)24-19(21)22-6-3/h7-13,25H,4-6H2,1-3H3,(H4,21,22,23,24,26). The van der Waals surface area contributed by atoms with Gasteiger partial charge >= 0.3 is 6.03 Å². The zero-order chi connectivity index (χ0) is 21.4. The summed E-state index contributed by atoms with van der Waals surface area (Å²) >= 11 is 0. The van der Waals surface area contributed by atoms with Crippen LogP contribution in [-0.2, 0) is 22.9 Å². The lowest BCUT2D eigenvalue weighted by Crippen LogP contribution is -2.40. The molecule has 0 saturated heterocycles. The van der Waals surface area contributed by atoms with Crippen LogP contribution in [0.2, 0.25) is 0 Å². The van der Waals surface area contributed by atoms with E-state index in [0.29, 0.717) is 41.9 Å². The van der Waals surface area contributed by atoms with Crippen LogP contribution in [0.3, 0.4) is 0 Å². The average Bonchev–Trinajstić information content (AvgIpc) is 2.68. The highest BCUT2D eigenvalue weighted by atomic mass is 32.2. The molecule has 0 fully saturated rings. The Labute approximate surface area is 171 Å². The number of para-hydroxylation sites is 1. The van der Waals surface area contributed by atoms with Gasteiger partial charge in [-0.25, -0.2) is 13.2 Å². The molecule has 2 amide bonds. The number of guanidine groups is 1. The first-order valence-electron chi connectivity index (χ1n) is 9.42. The molecule has 0 spiro atoms. The second-order valence-electron chi connectivity index (χ2n) is 6.23. The number of aliphatic imine (C=N–C) groups is 1. The monoisotopic (exact) mass is 417 g/mol. The molecule has 0 heterocycles. The lowest BCUT2D eigenvalue weighted by Gasteiger charge is -2.17. The Balaban J connectivity index is 2.36. The van der Waals surface area contributed by atoms with E-state index in [1.807, 2.05) is 19.9 Å². The van der Waals surface area contributed by atoms with E-state index in [-0.39, 0.29) is 10.9 Å². The minimum absolute atomic E-state index is 0.0207. The number of aryl methyl sites for hydroxylation is 2. The summed E-state index contributed by atoms with van der Waals surface area (Å²) in [6, 6.07) is 11.3. The van der Waals surface area contributed by atoms with Crippen LogP contribution < -0.4 is 21.1 Å². The van der Waals surface area contributed by atoms with Crippen molar-refractivity contribution in [2.24, 2.45) is 10.7 Å². The first-order chi connectivity index (χ1) is 13.8. The number of rotatable bonds is 7. The number of benzene rings is 2. The molecule has 9 heteroatoms. The molecule has 2 rings (SSSR count). The Bertz CT molecular complexity index is 963. The molecule has 0 aromatic heterocycles. The van der Waals surface area contributed by atoms with Crippen molar-refractivity contribution in [1.29, 1.82) is 0 Å². The first kappa shape index (κ1) is 22.2. The minimum atomic E-state index is -3.77. The highest BCUT2D eigenvalue weighted by molar-refractivity contribution is 7.92. The number of amides is 2. The number of carbonyl (C=O) groups is 1. The highest BCUT2D eigenvalue weighted by Gasteiger charge is 2.20. The maximum atomic E-state index is 12.8. The van der Waals surface area contributed by atoms with E-state index >= 15 is 0 Å². The van der Waals surface area contributed by atoms with Crippen molar-refractivity contribution in [1.82, 2.24) is 5.32 Å². The van der Waals surface area contributed by atoms with Gasteiger partial charge in [-0.05, 0) is 55.2 Å². The van der Waals surface area contributed by atoms with Crippen molar-refractivity contribution in [3.05, 3.63) is 53.6 Å². The van der Waals surface area contributed by atoms with Gasteiger partial charge in [0, 0.05) is 17.9 Å². The van der Waals surface area contributed by atoms with Crippen LogP contribution in [0, 0.1) is 0 Å². The van der Waals surface area contributed by atoms with Crippen LogP contribution in [0.1, 0.15) is 31.9 Å². The van der Waals surface area contributed by atoms with Crippen molar-refractivity contribution in [2.75, 3.05) is 16.6 Å². The Morgan fingerprint density at radius 3 is 2.14 bits per heavy atom. The lowest BCUT2D eigenvalue weighted by molar-refractivity contribution is 0.256. The number of carbonyl (C=O) groups excluding carboxylic acids is 1. The number of nitrogens with one attached hydrogen (secondary N) is 3. The largest absolute Gasteiger partial charge is 0.370 e. The van der Waals surface area contributed by atoms with Gasteiger partial charge in [-0.3, -0.25) is 15.0 Å². The van der Waals surface area contributed by atoms with Crippen molar-refractivity contribution in [2.45, 2.75) is 38.5 Å². The second kappa shape index (κ2) is 9.92. The summed E-state index contributed by atoms with van der Waals surface area (Å²) in [4.78, 5) is 16.3. The Hall–Kier alpha value is -3.07. The molecule has 0 aliphatic rings. The van der Waals surface area contributed by atoms with Crippen LogP contribution in [0.15, 0.2) is 52.4 Å². The Morgan fingerprint density at radius 1 is 1.03 bits per heavy atom. The number of sulfonamides is 1. The molecule has 0 unspecified atom stereocenters. The Morgan fingerprint density at radius 2 is 1.62 bits per heavy atom. The third-order valence-corrected chi connectivity index (χ3v) is 5.54. The van der Waals surface area contributed by atoms with Gasteiger partial charge in [0.05, 0.1) is 4.90 Å². The molecule has 0 aliphatic heterocycles. The number of hydrogen-bond acceptors (Lipinski definition) is 4. The normalized spacial score (nSPS) is 11.8. The third kappa shape index (κ3) is 5.95. The molecular formula is C20H27N5O3S. The van der Waals surface area contributed by atoms with Crippen LogP contribution >= 0.6 is 0 Å². The number of anilines is 2. The molecule has 0 radical (unpaired) electrons. The molecule has 156 valence electrons. The molecular weight excluding hydrogens is 390 g/mol. The zero-order valence-electron chi connectivity index (χ0n) is 16.8. The summed E-state index contributed by atoms with van der Waals surface area (Å²) in [7, 11) is -3.77. The predicted octanol–water partition coefficient (Wildman–Crippen LogP) is 3.07. The van der Waals surface area contributed by atoms with E-state index in [1.54, 1.807) is 43.3 Å². The van der Waals surface area contributed by atoms with Crippen LogP contribution in [0.25, 0.3) is 0 Å². The average molecular weight is 418 g/mol. The maximum absolute atomic E-state index is 12.8. The zero-order valence-corrected chi connectivity index (χ0v) is 17.6. The van der Waals surface area contributed by atoms with Crippen LogP contribution in [-0.4, -0.2) is 27.0 Å². The molecule has 0 saturated carbocycles. The van der Waals surface area contributed by atoms with Crippen molar-refractivity contribution >= 4 is 33.4 Å². The molecule has 0 bridgehead atoms. The molecule has 2 aromatic rings. The maximum Gasteiger partial charge on any atom is 0.326 e. The van der Waals surface area contributed by atoms with E-state index in [1.165, 1.54) is 0 Å². The second-order valence-corrected chi connectivity index (χ2v) is 7.92. The summed E-state index contributed by atoms with van der Waals surface area (Å²) in [6.07, 6.45) is 1.08. The summed E-state index contributed by atoms with van der Waals surface area (Å²) in [5, 5.41) is 5.23. The first-order valence-corrected chi connectivity index (χ1v) is 10.9. The van der Waals surface area contributed by atoms with Crippen molar-refractivity contribution in [3.63, 3.8) is 0 Å². The summed E-state index contributed by atoms with van der Waals surface area (Å²) < 4.78 is 28.3. The molecule has 29 heavy (non-hydrogen) atoms. The SMILES string of the molecule is CCN=C(N)NC(=O)Nc1c(CC)cc(S(=O)(=O)Nc2ccccc2)cc1CC. The van der Waals surface area contributed by atoms with Gasteiger partial charge in [0.2, 0.25) is 0 Å². The number of nitrogens with zero attached hydrogens (tertiary/aromatic N) is 1. The molecule has 0 atom stereocenters. The van der Waals surface area contributed by atoms with E-state index in [4.69, 9.17) is 5.73 Å². The van der Waals surface area contributed by atoms with E-state index in [0.717, 1.165) is 0 Å². The fourth-order valence-electron chi connectivity index (χ4n) is 2.80. The van der Waals surface area contributed by atoms with Gasteiger partial charge in [-0.15, -0.1) is 0 Å². The Kier molecular flexibility index (Phi) is 7.60. The molecule has 2 aromatic carbocycles. The summed E-state index contributed by atoms with van der Waals surface area (Å²) in [5.41, 5.74) is 8.10. The van der Waals surface area contributed by atoms with Gasteiger partial charge in [-0.2, -0.15) is 0 Å². The lowest BCUT2D eigenvalue weighted by atomic mass is 10.0.